The second-order valence-corrected chi connectivity index (χ2v) is 4.73. The first-order chi connectivity index (χ1) is 9.02. The van der Waals surface area contributed by atoms with Crippen LogP contribution >= 0.6 is 0 Å². The Morgan fingerprint density at radius 3 is 2.53 bits per heavy atom. The molecule has 2 aromatic rings. The molecular formula is C13H10O5S. The minimum Gasteiger partial charge on any atom is -0.352 e. The summed E-state index contributed by atoms with van der Waals surface area (Å²) in [4.78, 5) is 10.9. The van der Waals surface area contributed by atoms with E-state index < -0.39 is 16.4 Å². The Hall–Kier alpha value is -2.34. The topological polar surface area (TPSA) is 69.7 Å². The van der Waals surface area contributed by atoms with Gasteiger partial charge in [-0.3, -0.25) is 0 Å². The summed E-state index contributed by atoms with van der Waals surface area (Å²) >= 11 is 0. The number of carbonyl (C=O) groups is 1. The molecule has 0 saturated carbocycles. The SMILES string of the molecule is C=CC(=O)OS(=O)(=O)Oc1cccc2ccccc12. The predicted molar refractivity (Wildman–Crippen MR) is 69.8 cm³/mol. The molecule has 5 nitrogen and oxygen atoms in total. The Morgan fingerprint density at radius 1 is 1.11 bits per heavy atom. The van der Waals surface area contributed by atoms with Gasteiger partial charge in [-0.05, 0) is 11.5 Å². The van der Waals surface area contributed by atoms with Crippen molar-refractivity contribution >= 4 is 27.1 Å². The summed E-state index contributed by atoms with van der Waals surface area (Å²) in [5.41, 5.74) is 0. The molecule has 0 spiro atoms. The van der Waals surface area contributed by atoms with Gasteiger partial charge in [-0.25, -0.2) is 4.79 Å². The molecule has 0 fully saturated rings. The van der Waals surface area contributed by atoms with Crippen LogP contribution in [0.5, 0.6) is 5.75 Å². The molecule has 0 N–H and O–H groups in total. The molecule has 0 heterocycles. The van der Waals surface area contributed by atoms with Gasteiger partial charge in [0.05, 0.1) is 0 Å². The molecular weight excluding hydrogens is 268 g/mol. The largest absolute Gasteiger partial charge is 0.503 e. The lowest BCUT2D eigenvalue weighted by molar-refractivity contribution is -0.128. The normalized spacial score (nSPS) is 10.9. The van der Waals surface area contributed by atoms with Gasteiger partial charge >= 0.3 is 16.4 Å². The molecule has 2 rings (SSSR count). The minimum absolute atomic E-state index is 0.0926. The van der Waals surface area contributed by atoms with E-state index in [1.807, 2.05) is 18.2 Å². The zero-order valence-electron chi connectivity index (χ0n) is 9.78. The smallest absolute Gasteiger partial charge is 0.352 e. The summed E-state index contributed by atoms with van der Waals surface area (Å²) in [7, 11) is -4.46. The zero-order chi connectivity index (χ0) is 13.9. The third-order valence-electron chi connectivity index (χ3n) is 2.29. The van der Waals surface area contributed by atoms with E-state index in [1.165, 1.54) is 6.07 Å². The molecule has 0 radical (unpaired) electrons. The van der Waals surface area contributed by atoms with Gasteiger partial charge in [0.15, 0.2) is 5.75 Å². The van der Waals surface area contributed by atoms with Crippen LogP contribution in [0.25, 0.3) is 10.8 Å². The number of fused-ring (bicyclic) bond motifs is 1. The Labute approximate surface area is 110 Å². The molecule has 0 aliphatic heterocycles. The number of hydrogen-bond donors (Lipinski definition) is 0. The van der Waals surface area contributed by atoms with Crippen molar-refractivity contribution in [3.05, 3.63) is 55.1 Å². The van der Waals surface area contributed by atoms with Gasteiger partial charge in [-0.15, -0.1) is 8.42 Å². The van der Waals surface area contributed by atoms with Gasteiger partial charge in [-0.2, -0.15) is 0 Å². The van der Waals surface area contributed by atoms with Gasteiger partial charge in [0.25, 0.3) is 0 Å². The van der Waals surface area contributed by atoms with Crippen LogP contribution in [0.1, 0.15) is 0 Å². The third kappa shape index (κ3) is 3.11. The lowest BCUT2D eigenvalue weighted by Crippen LogP contribution is -2.16. The molecule has 0 saturated heterocycles. The average Bonchev–Trinajstić information content (AvgIpc) is 2.38. The van der Waals surface area contributed by atoms with Crippen LogP contribution in [-0.4, -0.2) is 14.4 Å². The maximum absolute atomic E-state index is 11.5. The van der Waals surface area contributed by atoms with Crippen LogP contribution in [0.2, 0.25) is 0 Å². The van der Waals surface area contributed by atoms with Gasteiger partial charge < -0.3 is 8.37 Å². The number of hydrogen-bond acceptors (Lipinski definition) is 5. The van der Waals surface area contributed by atoms with Crippen LogP contribution in [0.4, 0.5) is 0 Å². The number of rotatable bonds is 4. The molecule has 0 bridgehead atoms. The summed E-state index contributed by atoms with van der Waals surface area (Å²) in [5, 5.41) is 1.41. The van der Waals surface area contributed by atoms with Crippen molar-refractivity contribution < 1.29 is 21.6 Å². The Morgan fingerprint density at radius 2 is 1.79 bits per heavy atom. The molecule has 0 aromatic heterocycles. The second kappa shape index (κ2) is 5.11. The van der Waals surface area contributed by atoms with Crippen molar-refractivity contribution in [2.24, 2.45) is 0 Å². The van der Waals surface area contributed by atoms with Gasteiger partial charge in [0.2, 0.25) is 0 Å². The monoisotopic (exact) mass is 278 g/mol. The van der Waals surface area contributed by atoms with Crippen molar-refractivity contribution in [2.45, 2.75) is 0 Å². The summed E-state index contributed by atoms with van der Waals surface area (Å²) in [6, 6.07) is 12.0. The van der Waals surface area contributed by atoms with E-state index in [2.05, 4.69) is 10.8 Å². The van der Waals surface area contributed by atoms with Crippen molar-refractivity contribution in [3.63, 3.8) is 0 Å². The Kier molecular flexibility index (Phi) is 3.52. The number of benzene rings is 2. The van der Waals surface area contributed by atoms with Crippen LogP contribution in [0.3, 0.4) is 0 Å². The van der Waals surface area contributed by atoms with Crippen molar-refractivity contribution in [1.29, 1.82) is 0 Å². The van der Waals surface area contributed by atoms with Gasteiger partial charge in [0, 0.05) is 11.5 Å². The molecule has 0 aliphatic carbocycles. The van der Waals surface area contributed by atoms with Crippen molar-refractivity contribution in [3.8, 4) is 5.75 Å². The lowest BCUT2D eigenvalue weighted by Gasteiger charge is -2.08. The standard InChI is InChI=1S/C13H10O5S/c1-2-13(14)18-19(15,16)17-12-9-5-7-10-6-3-4-8-11(10)12/h2-9H,1H2. The van der Waals surface area contributed by atoms with E-state index >= 15 is 0 Å². The fourth-order valence-electron chi connectivity index (χ4n) is 1.53. The first kappa shape index (κ1) is 13.1. The van der Waals surface area contributed by atoms with E-state index in [9.17, 15) is 13.2 Å². The fraction of sp³-hybridized carbons (Fsp3) is 0. The van der Waals surface area contributed by atoms with Crippen LogP contribution in [0, 0.1) is 0 Å². The van der Waals surface area contributed by atoms with Crippen LogP contribution < -0.4 is 4.18 Å². The highest BCUT2D eigenvalue weighted by molar-refractivity contribution is 7.82. The molecule has 2 aromatic carbocycles. The lowest BCUT2D eigenvalue weighted by atomic mass is 10.1. The Bertz CT molecular complexity index is 728. The summed E-state index contributed by atoms with van der Waals surface area (Å²) < 4.78 is 31.9. The maximum Gasteiger partial charge on any atom is 0.503 e. The van der Waals surface area contributed by atoms with E-state index in [-0.39, 0.29) is 5.75 Å². The fourth-order valence-corrected chi connectivity index (χ4v) is 2.20. The summed E-state index contributed by atoms with van der Waals surface area (Å²) in [5.74, 6) is -1.00. The van der Waals surface area contributed by atoms with Gasteiger partial charge in [-0.1, -0.05) is 43.0 Å². The zero-order valence-corrected chi connectivity index (χ0v) is 10.6. The molecule has 0 unspecified atom stereocenters. The highest BCUT2D eigenvalue weighted by Gasteiger charge is 2.19. The molecule has 0 aliphatic rings. The van der Waals surface area contributed by atoms with E-state index in [4.69, 9.17) is 4.18 Å². The summed E-state index contributed by atoms with van der Waals surface area (Å²) in [6.45, 7) is 3.11. The molecule has 0 atom stereocenters. The van der Waals surface area contributed by atoms with Crippen LogP contribution in [0.15, 0.2) is 55.1 Å². The van der Waals surface area contributed by atoms with E-state index in [1.54, 1.807) is 18.2 Å². The minimum atomic E-state index is -4.46. The van der Waals surface area contributed by atoms with Crippen molar-refractivity contribution in [2.75, 3.05) is 0 Å². The maximum atomic E-state index is 11.5. The highest BCUT2D eigenvalue weighted by atomic mass is 32.3. The first-order valence-electron chi connectivity index (χ1n) is 5.30. The molecule has 0 amide bonds. The molecule has 19 heavy (non-hydrogen) atoms. The highest BCUT2D eigenvalue weighted by Crippen LogP contribution is 2.26. The van der Waals surface area contributed by atoms with E-state index in [0.717, 1.165) is 11.5 Å². The van der Waals surface area contributed by atoms with Gasteiger partial charge in [0.1, 0.15) is 0 Å². The molecule has 98 valence electrons. The molecule has 6 heteroatoms. The predicted octanol–water partition coefficient (Wildman–Crippen LogP) is 2.19. The first-order valence-corrected chi connectivity index (χ1v) is 6.63. The van der Waals surface area contributed by atoms with Crippen LogP contribution in [-0.2, 0) is 19.4 Å². The van der Waals surface area contributed by atoms with E-state index in [0.29, 0.717) is 5.39 Å². The van der Waals surface area contributed by atoms with Crippen molar-refractivity contribution in [1.82, 2.24) is 0 Å². The third-order valence-corrected chi connectivity index (χ3v) is 3.04. The number of carbonyl (C=O) groups excluding carboxylic acids is 1. The quantitative estimate of drug-likeness (QED) is 0.802. The Balaban J connectivity index is 2.36. The second-order valence-electron chi connectivity index (χ2n) is 3.58. The summed E-state index contributed by atoms with van der Waals surface area (Å²) in [6.07, 6.45) is 0.740. The average molecular weight is 278 g/mol.